The van der Waals surface area contributed by atoms with Crippen LogP contribution < -0.4 is 10.2 Å². The van der Waals surface area contributed by atoms with Gasteiger partial charge in [0.25, 0.3) is 0 Å². The first kappa shape index (κ1) is 12.3. The van der Waals surface area contributed by atoms with Crippen LogP contribution in [0.25, 0.3) is 10.2 Å². The Balaban J connectivity index is 2.03. The van der Waals surface area contributed by atoms with Crippen molar-refractivity contribution in [1.29, 1.82) is 0 Å². The number of fused-ring (bicyclic) bond motifs is 1. The molecule has 17 heavy (non-hydrogen) atoms. The van der Waals surface area contributed by atoms with Crippen molar-refractivity contribution in [3.63, 3.8) is 0 Å². The van der Waals surface area contributed by atoms with E-state index >= 15 is 0 Å². The molecule has 0 aromatic carbocycles. The maximum absolute atomic E-state index is 4.37. The summed E-state index contributed by atoms with van der Waals surface area (Å²) in [6, 6.07) is 2.09. The minimum Gasteiger partial charge on any atom is -0.358 e. The molecule has 0 aliphatic rings. The predicted molar refractivity (Wildman–Crippen MR) is 73.8 cm³/mol. The monoisotopic (exact) mass is 250 g/mol. The van der Waals surface area contributed by atoms with E-state index in [2.05, 4.69) is 45.6 Å². The molecule has 0 saturated carbocycles. The van der Waals surface area contributed by atoms with E-state index in [1.807, 2.05) is 0 Å². The van der Waals surface area contributed by atoms with Crippen molar-refractivity contribution in [2.24, 2.45) is 0 Å². The van der Waals surface area contributed by atoms with Crippen LogP contribution >= 0.6 is 11.3 Å². The summed E-state index contributed by atoms with van der Waals surface area (Å²) in [4.78, 5) is 11.9. The first-order valence-corrected chi connectivity index (χ1v) is 6.81. The molecule has 2 aromatic heterocycles. The van der Waals surface area contributed by atoms with E-state index in [1.165, 1.54) is 6.42 Å². The molecule has 0 amide bonds. The average molecular weight is 250 g/mol. The fourth-order valence-corrected chi connectivity index (χ4v) is 2.46. The number of rotatable bonds is 6. The first-order valence-electron chi connectivity index (χ1n) is 5.93. The fourth-order valence-electron chi connectivity index (χ4n) is 1.74. The Morgan fingerprint density at radius 1 is 1.35 bits per heavy atom. The Labute approximate surface area is 106 Å². The van der Waals surface area contributed by atoms with E-state index in [1.54, 1.807) is 17.7 Å². The van der Waals surface area contributed by atoms with Gasteiger partial charge in [-0.3, -0.25) is 0 Å². The van der Waals surface area contributed by atoms with Crippen LogP contribution in [0.3, 0.4) is 0 Å². The van der Waals surface area contributed by atoms with Gasteiger partial charge in [-0.05, 0) is 24.4 Å². The molecule has 0 saturated heterocycles. The Morgan fingerprint density at radius 2 is 2.24 bits per heavy atom. The molecule has 0 fully saturated rings. The molecule has 0 atom stereocenters. The van der Waals surface area contributed by atoms with Gasteiger partial charge in [-0.25, -0.2) is 9.97 Å². The molecule has 4 nitrogen and oxygen atoms in total. The number of hydrogen-bond donors (Lipinski definition) is 1. The van der Waals surface area contributed by atoms with Gasteiger partial charge in [0.05, 0.1) is 5.39 Å². The molecule has 0 radical (unpaired) electrons. The van der Waals surface area contributed by atoms with Gasteiger partial charge in [-0.15, -0.1) is 11.3 Å². The van der Waals surface area contributed by atoms with Crippen LogP contribution in [-0.4, -0.2) is 36.6 Å². The smallest absolute Gasteiger partial charge is 0.140 e. The zero-order valence-electron chi connectivity index (χ0n) is 10.3. The largest absolute Gasteiger partial charge is 0.358 e. The van der Waals surface area contributed by atoms with Crippen molar-refractivity contribution in [3.05, 3.63) is 17.8 Å². The van der Waals surface area contributed by atoms with Crippen molar-refractivity contribution < 1.29 is 0 Å². The lowest BCUT2D eigenvalue weighted by molar-refractivity contribution is 0.664. The van der Waals surface area contributed by atoms with Crippen molar-refractivity contribution in [2.75, 3.05) is 31.6 Å². The topological polar surface area (TPSA) is 41.0 Å². The molecule has 0 bridgehead atoms. The molecular formula is C12H18N4S. The molecule has 0 aliphatic carbocycles. The van der Waals surface area contributed by atoms with Gasteiger partial charge >= 0.3 is 0 Å². The highest BCUT2D eigenvalue weighted by molar-refractivity contribution is 7.16. The second-order valence-electron chi connectivity index (χ2n) is 4.01. The van der Waals surface area contributed by atoms with Crippen LogP contribution in [0, 0.1) is 0 Å². The summed E-state index contributed by atoms with van der Waals surface area (Å²) in [6.07, 6.45) is 2.82. The second kappa shape index (κ2) is 5.93. The summed E-state index contributed by atoms with van der Waals surface area (Å²) < 4.78 is 0. The minimum absolute atomic E-state index is 0.960. The fraction of sp³-hybridized carbons (Fsp3) is 0.500. The van der Waals surface area contributed by atoms with Crippen molar-refractivity contribution in [1.82, 2.24) is 15.3 Å². The summed E-state index contributed by atoms with van der Waals surface area (Å²) in [6.45, 7) is 5.20. The molecular weight excluding hydrogens is 232 g/mol. The van der Waals surface area contributed by atoms with E-state index < -0.39 is 0 Å². The number of thiophene rings is 1. The van der Waals surface area contributed by atoms with Crippen LogP contribution in [0.15, 0.2) is 17.8 Å². The normalized spacial score (nSPS) is 10.9. The lowest BCUT2D eigenvalue weighted by Gasteiger charge is -2.18. The van der Waals surface area contributed by atoms with Gasteiger partial charge in [-0.1, -0.05) is 6.92 Å². The number of likely N-dealkylation sites (N-methyl/N-ethyl adjacent to an activating group) is 1. The van der Waals surface area contributed by atoms with Gasteiger partial charge in [0.15, 0.2) is 0 Å². The second-order valence-corrected chi connectivity index (χ2v) is 4.90. The van der Waals surface area contributed by atoms with Crippen molar-refractivity contribution in [3.8, 4) is 0 Å². The summed E-state index contributed by atoms with van der Waals surface area (Å²) >= 11 is 1.66. The van der Waals surface area contributed by atoms with Crippen molar-refractivity contribution >= 4 is 27.4 Å². The van der Waals surface area contributed by atoms with Crippen molar-refractivity contribution in [2.45, 2.75) is 13.3 Å². The zero-order chi connectivity index (χ0) is 12.1. The minimum atomic E-state index is 0.960. The van der Waals surface area contributed by atoms with Gasteiger partial charge in [-0.2, -0.15) is 0 Å². The molecule has 2 heterocycles. The molecule has 92 valence electrons. The lowest BCUT2D eigenvalue weighted by atomic mass is 10.3. The maximum Gasteiger partial charge on any atom is 0.140 e. The average Bonchev–Trinajstić information content (AvgIpc) is 2.82. The van der Waals surface area contributed by atoms with Gasteiger partial charge in [0.1, 0.15) is 17.0 Å². The summed E-state index contributed by atoms with van der Waals surface area (Å²) in [5, 5.41) is 6.61. The molecule has 2 aromatic rings. The Bertz CT molecular complexity index is 468. The summed E-state index contributed by atoms with van der Waals surface area (Å²) in [7, 11) is 2.08. The zero-order valence-corrected chi connectivity index (χ0v) is 11.1. The van der Waals surface area contributed by atoms with Gasteiger partial charge in [0.2, 0.25) is 0 Å². The third-order valence-electron chi connectivity index (χ3n) is 2.65. The highest BCUT2D eigenvalue weighted by Gasteiger charge is 2.08. The number of nitrogens with zero attached hydrogens (tertiary/aromatic N) is 3. The van der Waals surface area contributed by atoms with Crippen LogP contribution in [0.1, 0.15) is 13.3 Å². The molecule has 0 spiro atoms. The summed E-state index contributed by atoms with van der Waals surface area (Å²) in [5.74, 6) is 1.02. The molecule has 5 heteroatoms. The Kier molecular flexibility index (Phi) is 4.28. The Hall–Kier alpha value is -1.20. The highest BCUT2D eigenvalue weighted by Crippen LogP contribution is 2.25. The van der Waals surface area contributed by atoms with Crippen LogP contribution in [-0.2, 0) is 0 Å². The third kappa shape index (κ3) is 2.92. The number of hydrogen-bond acceptors (Lipinski definition) is 5. The van der Waals surface area contributed by atoms with E-state index in [0.29, 0.717) is 0 Å². The molecule has 2 rings (SSSR count). The van der Waals surface area contributed by atoms with E-state index in [-0.39, 0.29) is 0 Å². The number of anilines is 1. The summed E-state index contributed by atoms with van der Waals surface area (Å²) in [5.41, 5.74) is 0. The SMILES string of the molecule is CCCNCCN(C)c1ncnc2sccc12. The van der Waals surface area contributed by atoms with Gasteiger partial charge < -0.3 is 10.2 Å². The standard InChI is InChI=1S/C12H18N4S/c1-3-5-13-6-7-16(2)11-10-4-8-17-12(10)15-9-14-11/h4,8-9,13H,3,5-7H2,1-2H3. The number of nitrogens with one attached hydrogen (secondary N) is 1. The van der Waals surface area contributed by atoms with E-state index in [9.17, 15) is 0 Å². The highest BCUT2D eigenvalue weighted by atomic mass is 32.1. The quantitative estimate of drug-likeness (QED) is 0.797. The van der Waals surface area contributed by atoms with E-state index in [4.69, 9.17) is 0 Å². The number of aromatic nitrogens is 2. The molecule has 0 aliphatic heterocycles. The Morgan fingerprint density at radius 3 is 3.06 bits per heavy atom. The maximum atomic E-state index is 4.37. The van der Waals surface area contributed by atoms with E-state index in [0.717, 1.165) is 35.7 Å². The van der Waals surface area contributed by atoms with Crippen LogP contribution in [0.4, 0.5) is 5.82 Å². The predicted octanol–water partition coefficient (Wildman–Crippen LogP) is 2.13. The van der Waals surface area contributed by atoms with Crippen LogP contribution in [0.5, 0.6) is 0 Å². The third-order valence-corrected chi connectivity index (χ3v) is 3.47. The van der Waals surface area contributed by atoms with Gasteiger partial charge in [0, 0.05) is 20.1 Å². The first-order chi connectivity index (χ1) is 8.33. The molecule has 0 unspecified atom stereocenters. The lowest BCUT2D eigenvalue weighted by Crippen LogP contribution is -2.30. The molecule has 1 N–H and O–H groups in total. The van der Waals surface area contributed by atoms with Crippen LogP contribution in [0.2, 0.25) is 0 Å².